The molecule has 8 heteroatoms. The fourth-order valence-corrected chi connectivity index (χ4v) is 1.51. The SMILES string of the molecule is O=C(O)n1[nH]c(=O)cc1-c1ccc([N+](=O)[O-])cc1. The highest BCUT2D eigenvalue weighted by molar-refractivity contribution is 5.75. The van der Waals surface area contributed by atoms with E-state index in [9.17, 15) is 19.7 Å². The van der Waals surface area contributed by atoms with E-state index in [0.717, 1.165) is 6.07 Å². The molecule has 8 nitrogen and oxygen atoms in total. The van der Waals surface area contributed by atoms with Crippen molar-refractivity contribution in [2.24, 2.45) is 0 Å². The summed E-state index contributed by atoms with van der Waals surface area (Å²) >= 11 is 0. The Morgan fingerprint density at radius 2 is 1.94 bits per heavy atom. The summed E-state index contributed by atoms with van der Waals surface area (Å²) in [6, 6.07) is 6.33. The third-order valence-electron chi connectivity index (χ3n) is 2.30. The molecule has 2 aromatic rings. The zero-order valence-electron chi connectivity index (χ0n) is 8.86. The number of aromatic nitrogens is 2. The second kappa shape index (κ2) is 4.17. The van der Waals surface area contributed by atoms with Crippen LogP contribution in [0, 0.1) is 10.1 Å². The Morgan fingerprint density at radius 1 is 1.33 bits per heavy atom. The maximum Gasteiger partial charge on any atom is 0.431 e. The lowest BCUT2D eigenvalue weighted by molar-refractivity contribution is -0.384. The van der Waals surface area contributed by atoms with Gasteiger partial charge in [-0.1, -0.05) is 0 Å². The summed E-state index contributed by atoms with van der Waals surface area (Å²) in [5, 5.41) is 21.5. The van der Waals surface area contributed by atoms with Gasteiger partial charge in [0.05, 0.1) is 10.6 Å². The monoisotopic (exact) mass is 249 g/mol. The average molecular weight is 249 g/mol. The second-order valence-corrected chi connectivity index (χ2v) is 3.43. The first-order chi connectivity index (χ1) is 8.49. The van der Waals surface area contributed by atoms with Crippen molar-refractivity contribution >= 4 is 11.8 Å². The molecule has 0 fully saturated rings. The number of nitrogens with zero attached hydrogens (tertiary/aromatic N) is 2. The molecule has 0 spiro atoms. The van der Waals surface area contributed by atoms with E-state index < -0.39 is 16.6 Å². The molecular weight excluding hydrogens is 242 g/mol. The van der Waals surface area contributed by atoms with E-state index in [2.05, 4.69) is 5.10 Å². The van der Waals surface area contributed by atoms with E-state index in [1.54, 1.807) is 0 Å². The molecule has 92 valence electrons. The van der Waals surface area contributed by atoms with Crippen LogP contribution >= 0.6 is 0 Å². The minimum Gasteiger partial charge on any atom is -0.463 e. The van der Waals surface area contributed by atoms with E-state index in [4.69, 9.17) is 5.11 Å². The van der Waals surface area contributed by atoms with Crippen molar-refractivity contribution in [1.29, 1.82) is 0 Å². The minimum absolute atomic E-state index is 0.112. The number of H-pyrrole nitrogens is 1. The van der Waals surface area contributed by atoms with Gasteiger partial charge in [-0.05, 0) is 12.1 Å². The highest BCUT2D eigenvalue weighted by Gasteiger charge is 2.13. The Hall–Kier alpha value is -2.90. The topological polar surface area (TPSA) is 118 Å². The van der Waals surface area contributed by atoms with Crippen molar-refractivity contribution < 1.29 is 14.8 Å². The number of nitrogens with one attached hydrogen (secondary N) is 1. The third kappa shape index (κ3) is 1.98. The quantitative estimate of drug-likeness (QED) is 0.613. The van der Waals surface area contributed by atoms with Crippen molar-refractivity contribution in [1.82, 2.24) is 9.78 Å². The molecule has 1 aromatic carbocycles. The van der Waals surface area contributed by atoms with Crippen LogP contribution in [0.1, 0.15) is 0 Å². The van der Waals surface area contributed by atoms with Gasteiger partial charge in [-0.25, -0.2) is 4.79 Å². The fraction of sp³-hybridized carbons (Fsp3) is 0. The average Bonchev–Trinajstić information content (AvgIpc) is 2.71. The lowest BCUT2D eigenvalue weighted by Gasteiger charge is -2.02. The number of aromatic amines is 1. The van der Waals surface area contributed by atoms with Crippen LogP contribution in [-0.4, -0.2) is 25.9 Å². The first kappa shape index (κ1) is 11.6. The predicted octanol–water partition coefficient (Wildman–Crippen LogP) is 1.28. The van der Waals surface area contributed by atoms with Gasteiger partial charge in [0.25, 0.3) is 11.2 Å². The van der Waals surface area contributed by atoms with Crippen LogP contribution in [0.2, 0.25) is 0 Å². The molecule has 0 saturated carbocycles. The van der Waals surface area contributed by atoms with Crippen LogP contribution in [0.5, 0.6) is 0 Å². The Kier molecular flexibility index (Phi) is 2.68. The van der Waals surface area contributed by atoms with Gasteiger partial charge in [-0.3, -0.25) is 20.0 Å². The smallest absolute Gasteiger partial charge is 0.431 e. The number of hydrogen-bond acceptors (Lipinski definition) is 4. The van der Waals surface area contributed by atoms with Crippen molar-refractivity contribution in [2.75, 3.05) is 0 Å². The van der Waals surface area contributed by atoms with Crippen LogP contribution in [0.25, 0.3) is 11.3 Å². The van der Waals surface area contributed by atoms with Gasteiger partial charge in [-0.15, -0.1) is 0 Å². The Bertz CT molecular complexity index is 668. The van der Waals surface area contributed by atoms with E-state index in [-0.39, 0.29) is 11.4 Å². The Morgan fingerprint density at radius 3 is 2.44 bits per heavy atom. The maximum atomic E-state index is 11.1. The molecule has 0 atom stereocenters. The molecule has 0 aliphatic carbocycles. The van der Waals surface area contributed by atoms with Gasteiger partial charge in [0.15, 0.2) is 0 Å². The van der Waals surface area contributed by atoms with E-state index in [0.29, 0.717) is 10.2 Å². The number of carboxylic acid groups (broad SMARTS) is 1. The standard InChI is InChI=1S/C10H7N3O5/c14-9-5-8(12(11-9)10(15)16)6-1-3-7(4-2-6)13(17)18/h1-5H,(H,11,14)(H,15,16). The van der Waals surface area contributed by atoms with Gasteiger partial charge < -0.3 is 5.11 Å². The summed E-state index contributed by atoms with van der Waals surface area (Å²) in [7, 11) is 0. The van der Waals surface area contributed by atoms with Crippen molar-refractivity contribution in [3.63, 3.8) is 0 Å². The number of non-ortho nitro benzene ring substituents is 1. The van der Waals surface area contributed by atoms with E-state index >= 15 is 0 Å². The molecule has 0 unspecified atom stereocenters. The minimum atomic E-state index is -1.34. The fourth-order valence-electron chi connectivity index (χ4n) is 1.51. The van der Waals surface area contributed by atoms with E-state index in [1.165, 1.54) is 24.3 Å². The molecule has 2 N–H and O–H groups in total. The maximum absolute atomic E-state index is 11.1. The summed E-state index contributed by atoms with van der Waals surface area (Å²) in [6.07, 6.45) is -1.34. The molecule has 0 aliphatic heterocycles. The van der Waals surface area contributed by atoms with Crippen LogP contribution in [0.3, 0.4) is 0 Å². The predicted molar refractivity (Wildman–Crippen MR) is 60.6 cm³/mol. The van der Waals surface area contributed by atoms with Crippen molar-refractivity contribution in [2.45, 2.75) is 0 Å². The Labute approximate surface area is 99.2 Å². The lowest BCUT2D eigenvalue weighted by atomic mass is 10.1. The first-order valence-corrected chi connectivity index (χ1v) is 4.79. The van der Waals surface area contributed by atoms with Crippen molar-refractivity contribution in [3.05, 3.63) is 50.8 Å². The second-order valence-electron chi connectivity index (χ2n) is 3.43. The summed E-state index contributed by atoms with van der Waals surface area (Å²) in [5.74, 6) is 0. The van der Waals surface area contributed by atoms with Crippen molar-refractivity contribution in [3.8, 4) is 11.3 Å². The molecule has 2 rings (SSSR count). The highest BCUT2D eigenvalue weighted by atomic mass is 16.6. The van der Waals surface area contributed by atoms with Gasteiger partial charge in [0, 0.05) is 23.8 Å². The highest BCUT2D eigenvalue weighted by Crippen LogP contribution is 2.20. The largest absolute Gasteiger partial charge is 0.463 e. The summed E-state index contributed by atoms with van der Waals surface area (Å²) in [4.78, 5) is 31.9. The molecule has 18 heavy (non-hydrogen) atoms. The molecule has 0 aliphatic rings. The number of carbonyl (C=O) groups is 1. The summed E-state index contributed by atoms with van der Waals surface area (Å²) in [6.45, 7) is 0. The number of nitro groups is 1. The van der Waals surface area contributed by atoms with E-state index in [1.807, 2.05) is 0 Å². The third-order valence-corrected chi connectivity index (χ3v) is 2.30. The Balaban J connectivity index is 2.52. The summed E-state index contributed by atoms with van der Waals surface area (Å²) < 4.78 is 0.656. The number of nitro benzene ring substituents is 1. The van der Waals surface area contributed by atoms with Crippen LogP contribution in [-0.2, 0) is 0 Å². The zero-order valence-corrected chi connectivity index (χ0v) is 8.86. The molecule has 1 aromatic heterocycles. The molecule has 0 saturated heterocycles. The van der Waals surface area contributed by atoms with Crippen LogP contribution < -0.4 is 5.56 Å². The van der Waals surface area contributed by atoms with Gasteiger partial charge in [-0.2, -0.15) is 4.68 Å². The number of benzene rings is 1. The normalized spacial score (nSPS) is 10.2. The first-order valence-electron chi connectivity index (χ1n) is 4.79. The number of hydrogen-bond donors (Lipinski definition) is 2. The molecule has 0 radical (unpaired) electrons. The van der Waals surface area contributed by atoms with Gasteiger partial charge >= 0.3 is 6.09 Å². The zero-order chi connectivity index (χ0) is 13.3. The molecule has 0 amide bonds. The van der Waals surface area contributed by atoms with Crippen LogP contribution in [0.4, 0.5) is 10.5 Å². The molecule has 1 heterocycles. The molecule has 0 bridgehead atoms. The number of rotatable bonds is 2. The molecular formula is C10H7N3O5. The van der Waals surface area contributed by atoms with Crippen LogP contribution in [0.15, 0.2) is 35.1 Å². The summed E-state index contributed by atoms with van der Waals surface area (Å²) in [5.41, 5.74) is -0.159. The van der Waals surface area contributed by atoms with Gasteiger partial charge in [0.2, 0.25) is 0 Å². The lowest BCUT2D eigenvalue weighted by Crippen LogP contribution is -2.13. The van der Waals surface area contributed by atoms with Gasteiger partial charge in [0.1, 0.15) is 0 Å².